The average molecular weight is 186 g/mol. The lowest BCUT2D eigenvalue weighted by Gasteiger charge is -2.12. The van der Waals surface area contributed by atoms with Gasteiger partial charge in [0.15, 0.2) is 0 Å². The molecular weight excluding hydrogens is 180 g/mol. The van der Waals surface area contributed by atoms with Crippen molar-refractivity contribution in [2.75, 3.05) is 11.9 Å². The Morgan fingerprint density at radius 2 is 1.77 bits per heavy atom. The summed E-state index contributed by atoms with van der Waals surface area (Å²) in [4.78, 5) is 10.7. The van der Waals surface area contributed by atoms with Crippen molar-refractivity contribution in [2.45, 2.75) is 0 Å². The SMILES string of the molecule is CN(C([O])=O)c1c(F)cccc1F. The van der Waals surface area contributed by atoms with E-state index in [-0.39, 0.29) is 0 Å². The molecule has 1 radical (unpaired) electrons. The third kappa shape index (κ3) is 1.74. The number of rotatable bonds is 1. The highest BCUT2D eigenvalue weighted by atomic mass is 19.1. The predicted octanol–water partition coefficient (Wildman–Crippen LogP) is 1.95. The molecule has 1 rings (SSSR count). The third-order valence-electron chi connectivity index (χ3n) is 1.55. The molecular formula is C8H6F2NO2. The number of carbonyl (C=O) groups is 1. The average Bonchev–Trinajstić information content (AvgIpc) is 2.03. The van der Waals surface area contributed by atoms with Crippen molar-refractivity contribution in [1.82, 2.24) is 0 Å². The van der Waals surface area contributed by atoms with Crippen LogP contribution in [0.5, 0.6) is 0 Å². The van der Waals surface area contributed by atoms with Crippen LogP contribution in [0.4, 0.5) is 19.3 Å². The van der Waals surface area contributed by atoms with Gasteiger partial charge in [0.05, 0.1) is 0 Å². The highest BCUT2D eigenvalue weighted by Crippen LogP contribution is 2.21. The zero-order chi connectivity index (χ0) is 10.0. The molecule has 1 amide bonds. The molecule has 0 unspecified atom stereocenters. The van der Waals surface area contributed by atoms with Crippen LogP contribution in [0.2, 0.25) is 0 Å². The summed E-state index contributed by atoms with van der Waals surface area (Å²) in [5.74, 6) is -1.88. The van der Waals surface area contributed by atoms with Crippen LogP contribution in [0.25, 0.3) is 0 Å². The van der Waals surface area contributed by atoms with Crippen LogP contribution >= 0.6 is 0 Å². The highest BCUT2D eigenvalue weighted by Gasteiger charge is 2.18. The Morgan fingerprint density at radius 3 is 2.15 bits per heavy atom. The van der Waals surface area contributed by atoms with Crippen LogP contribution in [0.1, 0.15) is 0 Å². The minimum absolute atomic E-state index is 0.380. The van der Waals surface area contributed by atoms with Crippen LogP contribution in [0.3, 0.4) is 0 Å². The van der Waals surface area contributed by atoms with Gasteiger partial charge in [-0.3, -0.25) is 4.90 Å². The fraction of sp³-hybridized carbons (Fsp3) is 0.125. The molecule has 0 spiro atoms. The maximum absolute atomic E-state index is 12.9. The minimum atomic E-state index is -1.66. The summed E-state index contributed by atoms with van der Waals surface area (Å²) < 4.78 is 25.8. The molecule has 0 aliphatic heterocycles. The summed E-state index contributed by atoms with van der Waals surface area (Å²) in [5.41, 5.74) is -0.623. The van der Waals surface area contributed by atoms with E-state index in [1.165, 1.54) is 0 Å². The van der Waals surface area contributed by atoms with Gasteiger partial charge in [0.25, 0.3) is 0 Å². The number of anilines is 1. The number of halogens is 2. The van der Waals surface area contributed by atoms with Crippen molar-refractivity contribution in [2.24, 2.45) is 0 Å². The summed E-state index contributed by atoms with van der Waals surface area (Å²) >= 11 is 0. The Balaban J connectivity index is 3.20. The van der Waals surface area contributed by atoms with E-state index in [2.05, 4.69) is 0 Å². The summed E-state index contributed by atoms with van der Waals surface area (Å²) in [6.07, 6.45) is -1.66. The lowest BCUT2D eigenvalue weighted by molar-refractivity contribution is 0.177. The van der Waals surface area contributed by atoms with E-state index in [1.54, 1.807) is 0 Å². The predicted molar refractivity (Wildman–Crippen MR) is 40.8 cm³/mol. The standard InChI is InChI=1S/C8H6F2NO2/c1-11(8(12)13)7-5(9)3-2-4-6(7)10/h2-4H,1H3. The van der Waals surface area contributed by atoms with Crippen molar-refractivity contribution in [3.63, 3.8) is 0 Å². The molecule has 1 aromatic carbocycles. The monoisotopic (exact) mass is 186 g/mol. The number of para-hydroxylation sites is 1. The molecule has 0 bridgehead atoms. The van der Waals surface area contributed by atoms with Crippen LogP contribution in [0.15, 0.2) is 18.2 Å². The second-order valence-electron chi connectivity index (χ2n) is 2.40. The first-order chi connectivity index (χ1) is 6.04. The van der Waals surface area contributed by atoms with Crippen LogP contribution in [-0.2, 0) is 5.11 Å². The summed E-state index contributed by atoms with van der Waals surface area (Å²) in [5, 5.41) is 10.3. The fourth-order valence-corrected chi connectivity index (χ4v) is 0.901. The third-order valence-corrected chi connectivity index (χ3v) is 1.55. The van der Waals surface area contributed by atoms with Crippen LogP contribution < -0.4 is 4.90 Å². The Kier molecular flexibility index (Phi) is 2.46. The van der Waals surface area contributed by atoms with Crippen molar-refractivity contribution in [3.8, 4) is 0 Å². The van der Waals surface area contributed by atoms with Crippen molar-refractivity contribution >= 4 is 11.8 Å². The van der Waals surface area contributed by atoms with E-state index >= 15 is 0 Å². The summed E-state index contributed by atoms with van der Waals surface area (Å²) in [7, 11) is 1.01. The highest BCUT2D eigenvalue weighted by molar-refractivity contribution is 5.85. The van der Waals surface area contributed by atoms with Gasteiger partial charge in [0.2, 0.25) is 0 Å². The number of nitrogens with zero attached hydrogens (tertiary/aromatic N) is 1. The largest absolute Gasteiger partial charge is 0.457 e. The van der Waals surface area contributed by atoms with Gasteiger partial charge in [0, 0.05) is 7.05 Å². The van der Waals surface area contributed by atoms with Gasteiger partial charge in [-0.25, -0.2) is 18.7 Å². The number of carbonyl (C=O) groups excluding carboxylic acids is 1. The molecule has 5 heteroatoms. The molecule has 69 valence electrons. The zero-order valence-corrected chi connectivity index (χ0v) is 6.75. The maximum Gasteiger partial charge on any atom is 0.457 e. The van der Waals surface area contributed by atoms with Gasteiger partial charge in [-0.15, -0.1) is 0 Å². The van der Waals surface area contributed by atoms with Crippen molar-refractivity contribution in [3.05, 3.63) is 29.8 Å². The molecule has 0 aromatic heterocycles. The molecule has 0 fully saturated rings. The molecule has 13 heavy (non-hydrogen) atoms. The summed E-state index contributed by atoms with van der Waals surface area (Å²) in [6, 6.07) is 3.09. The Morgan fingerprint density at radius 1 is 1.31 bits per heavy atom. The van der Waals surface area contributed by atoms with E-state index in [9.17, 15) is 18.7 Å². The van der Waals surface area contributed by atoms with Gasteiger partial charge in [-0.2, -0.15) is 0 Å². The van der Waals surface area contributed by atoms with E-state index in [0.717, 1.165) is 25.2 Å². The molecule has 0 saturated carbocycles. The zero-order valence-electron chi connectivity index (χ0n) is 6.75. The smallest absolute Gasteiger partial charge is 0.272 e. The summed E-state index contributed by atoms with van der Waals surface area (Å²) in [6.45, 7) is 0. The van der Waals surface area contributed by atoms with Gasteiger partial charge in [-0.05, 0) is 12.1 Å². The maximum atomic E-state index is 12.9. The van der Waals surface area contributed by atoms with Gasteiger partial charge in [0.1, 0.15) is 17.3 Å². The van der Waals surface area contributed by atoms with Gasteiger partial charge < -0.3 is 0 Å². The molecule has 0 aliphatic carbocycles. The molecule has 3 nitrogen and oxygen atoms in total. The Hall–Kier alpha value is -1.65. The van der Waals surface area contributed by atoms with Gasteiger partial charge in [-0.1, -0.05) is 6.07 Å². The minimum Gasteiger partial charge on any atom is -0.272 e. The quantitative estimate of drug-likeness (QED) is 0.660. The van der Waals surface area contributed by atoms with Crippen LogP contribution in [-0.4, -0.2) is 13.1 Å². The molecule has 0 N–H and O–H groups in total. The van der Waals surface area contributed by atoms with Crippen molar-refractivity contribution < 1.29 is 18.7 Å². The first kappa shape index (κ1) is 9.44. The van der Waals surface area contributed by atoms with E-state index < -0.39 is 23.4 Å². The first-order valence-electron chi connectivity index (χ1n) is 3.42. The number of benzene rings is 1. The second kappa shape index (κ2) is 3.38. The molecule has 1 aromatic rings. The first-order valence-corrected chi connectivity index (χ1v) is 3.42. The molecule has 0 atom stereocenters. The molecule has 0 saturated heterocycles. The lowest BCUT2D eigenvalue weighted by Crippen LogP contribution is -2.24. The van der Waals surface area contributed by atoms with Crippen LogP contribution in [0, 0.1) is 11.6 Å². The number of amides is 1. The number of hydrogen-bond donors (Lipinski definition) is 0. The lowest BCUT2D eigenvalue weighted by atomic mass is 10.3. The van der Waals surface area contributed by atoms with E-state index in [4.69, 9.17) is 0 Å². The Labute approximate surface area is 73.2 Å². The number of hydrogen-bond acceptors (Lipinski definition) is 1. The van der Waals surface area contributed by atoms with E-state index in [0.29, 0.717) is 4.90 Å². The fourth-order valence-electron chi connectivity index (χ4n) is 0.901. The Bertz CT molecular complexity index is 321. The molecule has 0 heterocycles. The van der Waals surface area contributed by atoms with E-state index in [1.807, 2.05) is 0 Å². The normalized spacial score (nSPS) is 9.77. The van der Waals surface area contributed by atoms with Gasteiger partial charge >= 0.3 is 6.09 Å². The molecule has 0 aliphatic rings. The van der Waals surface area contributed by atoms with Crippen molar-refractivity contribution in [1.29, 1.82) is 0 Å². The topological polar surface area (TPSA) is 40.2 Å². The second-order valence-corrected chi connectivity index (χ2v) is 2.40.